The van der Waals surface area contributed by atoms with Crippen LogP contribution >= 0.6 is 15.9 Å². The Kier molecular flexibility index (Phi) is 2.77. The highest BCUT2D eigenvalue weighted by Gasteiger charge is 2.31. The second-order valence-corrected chi connectivity index (χ2v) is 5.34. The van der Waals surface area contributed by atoms with Gasteiger partial charge in [0, 0.05) is 25.2 Å². The molecule has 0 unspecified atom stereocenters. The molecule has 1 aromatic rings. The minimum absolute atomic E-state index is 0.583. The van der Waals surface area contributed by atoms with Gasteiger partial charge in [-0.15, -0.1) is 0 Å². The molecule has 88 valence electrons. The average molecular weight is 285 g/mol. The first-order valence-electron chi connectivity index (χ1n) is 5.98. The number of hydrogen-bond acceptors (Lipinski definition) is 3. The highest BCUT2D eigenvalue weighted by Crippen LogP contribution is 2.29. The van der Waals surface area contributed by atoms with Crippen LogP contribution in [0.1, 0.15) is 24.2 Å². The van der Waals surface area contributed by atoms with E-state index in [4.69, 9.17) is 0 Å². The molecule has 0 radical (unpaired) electrons. The molecule has 3 rings (SSSR count). The molecule has 0 aromatic carbocycles. The topological polar surface area (TPSA) is 33.1 Å². The van der Waals surface area contributed by atoms with Crippen molar-refractivity contribution in [3.05, 3.63) is 15.9 Å². The van der Waals surface area contributed by atoms with Gasteiger partial charge in [-0.2, -0.15) is 5.10 Å². The normalized spacial score (nSPS) is 21.9. The SMILES string of the molecule is CCN1CC(n2nc(Br)c3c2CNCC3)C1. The standard InChI is InChI=1S/C11H17BrN4/c1-2-15-6-8(7-15)16-10-5-13-4-3-9(10)11(12)14-16/h8,13H,2-7H2,1H3. The number of fused-ring (bicyclic) bond motifs is 1. The third-order valence-electron chi connectivity index (χ3n) is 3.64. The third-order valence-corrected chi connectivity index (χ3v) is 4.28. The molecule has 1 saturated heterocycles. The van der Waals surface area contributed by atoms with Crippen molar-refractivity contribution in [1.82, 2.24) is 20.0 Å². The van der Waals surface area contributed by atoms with Crippen LogP contribution in [0, 0.1) is 0 Å². The maximum atomic E-state index is 4.65. The first-order valence-corrected chi connectivity index (χ1v) is 6.77. The highest BCUT2D eigenvalue weighted by molar-refractivity contribution is 9.10. The number of likely N-dealkylation sites (N-methyl/N-ethyl adjacent to an activating group) is 1. The Morgan fingerprint density at radius 2 is 2.31 bits per heavy atom. The van der Waals surface area contributed by atoms with E-state index in [1.165, 1.54) is 11.3 Å². The van der Waals surface area contributed by atoms with Gasteiger partial charge in [0.2, 0.25) is 0 Å². The van der Waals surface area contributed by atoms with Gasteiger partial charge < -0.3 is 5.32 Å². The number of rotatable bonds is 2. The van der Waals surface area contributed by atoms with Gasteiger partial charge >= 0.3 is 0 Å². The van der Waals surface area contributed by atoms with Crippen LogP contribution in [0.5, 0.6) is 0 Å². The van der Waals surface area contributed by atoms with Crippen LogP contribution < -0.4 is 5.32 Å². The van der Waals surface area contributed by atoms with Crippen molar-refractivity contribution in [2.75, 3.05) is 26.2 Å². The largest absolute Gasteiger partial charge is 0.311 e. The minimum Gasteiger partial charge on any atom is -0.311 e. The van der Waals surface area contributed by atoms with Crippen molar-refractivity contribution < 1.29 is 0 Å². The molecule has 1 N–H and O–H groups in total. The first kappa shape index (κ1) is 10.7. The summed E-state index contributed by atoms with van der Waals surface area (Å²) in [5, 5.41) is 8.08. The maximum absolute atomic E-state index is 4.65. The molecule has 0 bridgehead atoms. The summed E-state index contributed by atoms with van der Waals surface area (Å²) in [6.07, 6.45) is 1.10. The molecular formula is C11H17BrN4. The Morgan fingerprint density at radius 3 is 3.06 bits per heavy atom. The zero-order valence-corrected chi connectivity index (χ0v) is 11.1. The van der Waals surface area contributed by atoms with E-state index in [2.05, 4.69) is 42.9 Å². The van der Waals surface area contributed by atoms with Crippen LogP contribution in [0.2, 0.25) is 0 Å². The molecular weight excluding hydrogens is 268 g/mol. The van der Waals surface area contributed by atoms with Crippen LogP contribution in [-0.4, -0.2) is 40.9 Å². The number of nitrogens with zero attached hydrogens (tertiary/aromatic N) is 3. The van der Waals surface area contributed by atoms with Crippen LogP contribution in [-0.2, 0) is 13.0 Å². The number of likely N-dealkylation sites (tertiary alicyclic amines) is 1. The summed E-state index contributed by atoms with van der Waals surface area (Å²) >= 11 is 3.58. The first-order chi connectivity index (χ1) is 7.79. The molecule has 2 aliphatic heterocycles. The summed E-state index contributed by atoms with van der Waals surface area (Å²) in [4.78, 5) is 2.45. The Morgan fingerprint density at radius 1 is 1.50 bits per heavy atom. The van der Waals surface area contributed by atoms with Crippen molar-refractivity contribution in [1.29, 1.82) is 0 Å². The number of aromatic nitrogens is 2. The Balaban J connectivity index is 1.85. The van der Waals surface area contributed by atoms with Crippen molar-refractivity contribution >= 4 is 15.9 Å². The van der Waals surface area contributed by atoms with Gasteiger partial charge in [-0.3, -0.25) is 9.58 Å². The lowest BCUT2D eigenvalue weighted by Gasteiger charge is -2.39. The minimum atomic E-state index is 0.583. The van der Waals surface area contributed by atoms with E-state index in [9.17, 15) is 0 Å². The van der Waals surface area contributed by atoms with Gasteiger partial charge in [-0.05, 0) is 35.4 Å². The van der Waals surface area contributed by atoms with Crippen LogP contribution in [0.3, 0.4) is 0 Å². The van der Waals surface area contributed by atoms with Gasteiger partial charge in [-0.1, -0.05) is 6.92 Å². The van der Waals surface area contributed by atoms with E-state index in [-0.39, 0.29) is 0 Å². The van der Waals surface area contributed by atoms with E-state index in [1.807, 2.05) is 0 Å². The fourth-order valence-electron chi connectivity index (χ4n) is 2.59. The van der Waals surface area contributed by atoms with Gasteiger partial charge in [-0.25, -0.2) is 0 Å². The Labute approximate surface area is 104 Å². The predicted octanol–water partition coefficient (Wildman–Crippen LogP) is 1.17. The van der Waals surface area contributed by atoms with Crippen molar-refractivity contribution in [3.8, 4) is 0 Å². The molecule has 0 spiro atoms. The summed E-state index contributed by atoms with van der Waals surface area (Å²) in [7, 11) is 0. The summed E-state index contributed by atoms with van der Waals surface area (Å²) < 4.78 is 3.29. The van der Waals surface area contributed by atoms with Crippen LogP contribution in [0.25, 0.3) is 0 Å². The number of halogens is 1. The fourth-order valence-corrected chi connectivity index (χ4v) is 3.18. The van der Waals surface area contributed by atoms with E-state index < -0.39 is 0 Å². The molecule has 16 heavy (non-hydrogen) atoms. The number of nitrogens with one attached hydrogen (secondary N) is 1. The second kappa shape index (κ2) is 4.13. The monoisotopic (exact) mass is 284 g/mol. The van der Waals surface area contributed by atoms with Gasteiger partial charge in [0.15, 0.2) is 0 Å². The summed E-state index contributed by atoms with van der Waals surface area (Å²) in [5.41, 5.74) is 2.80. The Hall–Kier alpha value is -0.390. The van der Waals surface area contributed by atoms with Crippen molar-refractivity contribution in [3.63, 3.8) is 0 Å². The smallest absolute Gasteiger partial charge is 0.131 e. The van der Waals surface area contributed by atoms with E-state index >= 15 is 0 Å². The summed E-state index contributed by atoms with van der Waals surface area (Å²) in [6.45, 7) is 7.71. The molecule has 0 saturated carbocycles. The van der Waals surface area contributed by atoms with Gasteiger partial charge in [0.25, 0.3) is 0 Å². The Bertz CT molecular complexity index is 395. The zero-order valence-electron chi connectivity index (χ0n) is 9.54. The van der Waals surface area contributed by atoms with Crippen molar-refractivity contribution in [2.24, 2.45) is 0 Å². The predicted molar refractivity (Wildman–Crippen MR) is 66.5 cm³/mol. The third kappa shape index (κ3) is 1.61. The van der Waals surface area contributed by atoms with Gasteiger partial charge in [0.05, 0.1) is 11.7 Å². The molecule has 4 nitrogen and oxygen atoms in total. The van der Waals surface area contributed by atoms with Crippen LogP contribution in [0.15, 0.2) is 4.60 Å². The number of hydrogen-bond donors (Lipinski definition) is 1. The lowest BCUT2D eigenvalue weighted by atomic mass is 10.1. The second-order valence-electron chi connectivity index (χ2n) is 4.59. The fraction of sp³-hybridized carbons (Fsp3) is 0.727. The average Bonchev–Trinajstić information content (AvgIpc) is 2.56. The molecule has 5 heteroatoms. The molecule has 1 aromatic heterocycles. The summed E-state index contributed by atoms with van der Waals surface area (Å²) in [5.74, 6) is 0. The molecule has 2 aliphatic rings. The van der Waals surface area contributed by atoms with E-state index in [0.717, 1.165) is 43.7 Å². The lowest BCUT2D eigenvalue weighted by Crippen LogP contribution is -2.48. The van der Waals surface area contributed by atoms with Crippen molar-refractivity contribution in [2.45, 2.75) is 25.9 Å². The van der Waals surface area contributed by atoms with Gasteiger partial charge in [0.1, 0.15) is 4.60 Å². The highest BCUT2D eigenvalue weighted by atomic mass is 79.9. The zero-order chi connectivity index (χ0) is 11.1. The quantitative estimate of drug-likeness (QED) is 0.885. The molecule has 0 amide bonds. The van der Waals surface area contributed by atoms with E-state index in [1.54, 1.807) is 0 Å². The molecule has 3 heterocycles. The van der Waals surface area contributed by atoms with Crippen LogP contribution in [0.4, 0.5) is 0 Å². The molecule has 1 fully saturated rings. The molecule has 0 aliphatic carbocycles. The maximum Gasteiger partial charge on any atom is 0.131 e. The molecule has 0 atom stereocenters. The lowest BCUT2D eigenvalue weighted by molar-refractivity contribution is 0.102. The van der Waals surface area contributed by atoms with E-state index in [0.29, 0.717) is 6.04 Å². The summed E-state index contributed by atoms with van der Waals surface area (Å²) in [6, 6.07) is 0.583.